The summed E-state index contributed by atoms with van der Waals surface area (Å²) >= 11 is 0. The summed E-state index contributed by atoms with van der Waals surface area (Å²) in [6.07, 6.45) is 2.29. The molecule has 3 unspecified atom stereocenters. The molecule has 0 amide bonds. The summed E-state index contributed by atoms with van der Waals surface area (Å²) in [6.45, 7) is 3.69. The van der Waals surface area contributed by atoms with E-state index in [0.717, 1.165) is 26.1 Å². The average molecular weight is 173 g/mol. The van der Waals surface area contributed by atoms with Gasteiger partial charge in [0.1, 0.15) is 0 Å². The Balaban J connectivity index is 2.28. The van der Waals surface area contributed by atoms with Gasteiger partial charge in [0.05, 0.1) is 12.7 Å². The quantitative estimate of drug-likeness (QED) is 0.685. The second-order valence-electron chi connectivity index (χ2n) is 3.57. The van der Waals surface area contributed by atoms with E-state index in [0.29, 0.717) is 18.1 Å². The van der Waals surface area contributed by atoms with E-state index >= 15 is 0 Å². The molecule has 0 spiro atoms. The number of methoxy groups -OCH3 is 1. The van der Waals surface area contributed by atoms with Crippen molar-refractivity contribution in [1.82, 2.24) is 0 Å². The number of hydrogen-bond donors (Lipinski definition) is 1. The normalized spacial score (nSPS) is 33.2. The molecule has 1 aliphatic rings. The maximum Gasteiger partial charge on any atom is 0.0547 e. The van der Waals surface area contributed by atoms with Crippen LogP contribution in [-0.4, -0.2) is 32.5 Å². The van der Waals surface area contributed by atoms with Crippen LogP contribution in [0.25, 0.3) is 0 Å². The Bertz CT molecular complexity index is 130. The Morgan fingerprint density at radius 2 is 2.42 bits per heavy atom. The summed E-state index contributed by atoms with van der Waals surface area (Å²) < 4.78 is 10.6. The Kier molecular flexibility index (Phi) is 3.98. The number of rotatable bonds is 3. The lowest BCUT2D eigenvalue weighted by molar-refractivity contribution is 0.0109. The Morgan fingerprint density at radius 3 is 3.00 bits per heavy atom. The molecule has 3 heteroatoms. The topological polar surface area (TPSA) is 44.5 Å². The van der Waals surface area contributed by atoms with Gasteiger partial charge in [0, 0.05) is 19.8 Å². The van der Waals surface area contributed by atoms with Crippen LogP contribution in [-0.2, 0) is 9.47 Å². The van der Waals surface area contributed by atoms with Crippen LogP contribution in [0.5, 0.6) is 0 Å². The molecule has 2 N–H and O–H groups in total. The van der Waals surface area contributed by atoms with Crippen LogP contribution in [0.1, 0.15) is 19.8 Å². The monoisotopic (exact) mass is 173 g/mol. The molecule has 72 valence electrons. The molecule has 0 aromatic rings. The average Bonchev–Trinajstić information content (AvgIpc) is 2.09. The van der Waals surface area contributed by atoms with Gasteiger partial charge in [-0.05, 0) is 25.7 Å². The van der Waals surface area contributed by atoms with E-state index in [-0.39, 0.29) is 0 Å². The standard InChI is InChI=1S/C9H19NO2/c1-7(11-2)5-8-6-12-4-3-9(8)10/h7-9H,3-6,10H2,1-2H3. The molecule has 3 atom stereocenters. The zero-order valence-corrected chi connectivity index (χ0v) is 7.95. The predicted molar refractivity (Wildman–Crippen MR) is 48.0 cm³/mol. The molecule has 1 saturated heterocycles. The highest BCUT2D eigenvalue weighted by atomic mass is 16.5. The van der Waals surface area contributed by atoms with E-state index in [9.17, 15) is 0 Å². The van der Waals surface area contributed by atoms with Gasteiger partial charge in [-0.3, -0.25) is 0 Å². The van der Waals surface area contributed by atoms with Crippen molar-refractivity contribution in [1.29, 1.82) is 0 Å². The number of nitrogens with two attached hydrogens (primary N) is 1. The molecule has 1 heterocycles. The van der Waals surface area contributed by atoms with E-state index in [2.05, 4.69) is 6.92 Å². The molecule has 1 rings (SSSR count). The minimum Gasteiger partial charge on any atom is -0.382 e. The highest BCUT2D eigenvalue weighted by molar-refractivity contribution is 4.77. The molecule has 0 aromatic heterocycles. The zero-order valence-electron chi connectivity index (χ0n) is 7.95. The summed E-state index contributed by atoms with van der Waals surface area (Å²) in [7, 11) is 1.74. The smallest absolute Gasteiger partial charge is 0.0547 e. The van der Waals surface area contributed by atoms with Gasteiger partial charge >= 0.3 is 0 Å². The summed E-state index contributed by atoms with van der Waals surface area (Å²) in [5.41, 5.74) is 5.95. The van der Waals surface area contributed by atoms with Crippen molar-refractivity contribution < 1.29 is 9.47 Å². The summed E-state index contributed by atoms with van der Waals surface area (Å²) in [6, 6.07) is 0.302. The number of ether oxygens (including phenoxy) is 2. The first kappa shape index (κ1) is 9.96. The van der Waals surface area contributed by atoms with Crippen molar-refractivity contribution in [3.8, 4) is 0 Å². The molecule has 0 bridgehead atoms. The second kappa shape index (κ2) is 4.80. The maximum absolute atomic E-state index is 5.95. The van der Waals surface area contributed by atoms with E-state index in [1.54, 1.807) is 7.11 Å². The van der Waals surface area contributed by atoms with Gasteiger partial charge in [0.15, 0.2) is 0 Å². The SMILES string of the molecule is COC(C)CC1COCCC1N. The van der Waals surface area contributed by atoms with Crippen LogP contribution in [0.4, 0.5) is 0 Å². The number of hydrogen-bond acceptors (Lipinski definition) is 3. The third-order valence-corrected chi connectivity index (χ3v) is 2.57. The first-order valence-corrected chi connectivity index (χ1v) is 4.60. The molecule has 1 aliphatic heterocycles. The molecule has 0 aliphatic carbocycles. The van der Waals surface area contributed by atoms with Crippen molar-refractivity contribution in [2.45, 2.75) is 31.9 Å². The molecular weight excluding hydrogens is 154 g/mol. The van der Waals surface area contributed by atoms with E-state index < -0.39 is 0 Å². The lowest BCUT2D eigenvalue weighted by Gasteiger charge is -2.30. The third-order valence-electron chi connectivity index (χ3n) is 2.57. The van der Waals surface area contributed by atoms with E-state index in [1.165, 1.54) is 0 Å². The van der Waals surface area contributed by atoms with Gasteiger partial charge in [-0.15, -0.1) is 0 Å². The summed E-state index contributed by atoms with van der Waals surface area (Å²) in [4.78, 5) is 0. The fraction of sp³-hybridized carbons (Fsp3) is 1.00. The Labute approximate surface area is 74.2 Å². The summed E-state index contributed by atoms with van der Waals surface area (Å²) in [5.74, 6) is 0.480. The van der Waals surface area contributed by atoms with E-state index in [1.807, 2.05) is 0 Å². The predicted octanol–water partition coefficient (Wildman–Crippen LogP) is 0.775. The minimum atomic E-state index is 0.294. The molecule has 0 aromatic carbocycles. The fourth-order valence-corrected chi connectivity index (χ4v) is 1.58. The van der Waals surface area contributed by atoms with Crippen LogP contribution in [0, 0.1) is 5.92 Å². The van der Waals surface area contributed by atoms with Gasteiger partial charge < -0.3 is 15.2 Å². The first-order valence-electron chi connectivity index (χ1n) is 4.60. The second-order valence-corrected chi connectivity index (χ2v) is 3.57. The Morgan fingerprint density at radius 1 is 1.67 bits per heavy atom. The lowest BCUT2D eigenvalue weighted by Crippen LogP contribution is -2.40. The molecule has 0 radical (unpaired) electrons. The summed E-state index contributed by atoms with van der Waals surface area (Å²) in [5, 5.41) is 0. The van der Waals surface area contributed by atoms with Crippen LogP contribution < -0.4 is 5.73 Å². The van der Waals surface area contributed by atoms with Gasteiger partial charge in [0.2, 0.25) is 0 Å². The van der Waals surface area contributed by atoms with E-state index in [4.69, 9.17) is 15.2 Å². The lowest BCUT2D eigenvalue weighted by atomic mass is 9.91. The Hall–Kier alpha value is -0.120. The molecule has 1 fully saturated rings. The van der Waals surface area contributed by atoms with Gasteiger partial charge in [0.25, 0.3) is 0 Å². The molecular formula is C9H19NO2. The minimum absolute atomic E-state index is 0.294. The highest BCUT2D eigenvalue weighted by Gasteiger charge is 2.23. The van der Waals surface area contributed by atoms with Gasteiger partial charge in [-0.1, -0.05) is 0 Å². The van der Waals surface area contributed by atoms with Crippen LogP contribution in [0.2, 0.25) is 0 Å². The molecule has 3 nitrogen and oxygen atoms in total. The van der Waals surface area contributed by atoms with Crippen LogP contribution >= 0.6 is 0 Å². The van der Waals surface area contributed by atoms with Crippen molar-refractivity contribution in [3.05, 3.63) is 0 Å². The fourth-order valence-electron chi connectivity index (χ4n) is 1.58. The van der Waals surface area contributed by atoms with Crippen molar-refractivity contribution in [2.75, 3.05) is 20.3 Å². The van der Waals surface area contributed by atoms with Crippen LogP contribution in [0.3, 0.4) is 0 Å². The maximum atomic E-state index is 5.95. The van der Waals surface area contributed by atoms with Crippen molar-refractivity contribution in [3.63, 3.8) is 0 Å². The van der Waals surface area contributed by atoms with Gasteiger partial charge in [-0.2, -0.15) is 0 Å². The van der Waals surface area contributed by atoms with Crippen LogP contribution in [0.15, 0.2) is 0 Å². The van der Waals surface area contributed by atoms with Crippen molar-refractivity contribution >= 4 is 0 Å². The highest BCUT2D eigenvalue weighted by Crippen LogP contribution is 2.18. The van der Waals surface area contributed by atoms with Crippen molar-refractivity contribution in [2.24, 2.45) is 11.7 Å². The largest absolute Gasteiger partial charge is 0.382 e. The zero-order chi connectivity index (χ0) is 8.97. The first-order chi connectivity index (χ1) is 5.74. The molecule has 0 saturated carbocycles. The van der Waals surface area contributed by atoms with Gasteiger partial charge in [-0.25, -0.2) is 0 Å². The molecule has 12 heavy (non-hydrogen) atoms. The third kappa shape index (κ3) is 2.73.